The van der Waals surface area contributed by atoms with E-state index in [0.717, 1.165) is 49.6 Å². The number of amides is 1. The molecule has 1 heterocycles. The van der Waals surface area contributed by atoms with Crippen LogP contribution in [0.4, 0.5) is 5.69 Å². The van der Waals surface area contributed by atoms with Crippen molar-refractivity contribution in [3.63, 3.8) is 0 Å². The van der Waals surface area contributed by atoms with Crippen LogP contribution in [0.15, 0.2) is 53.5 Å². The maximum absolute atomic E-state index is 11.8. The molecule has 29 heavy (non-hydrogen) atoms. The molecule has 0 radical (unpaired) electrons. The molecule has 0 bridgehead atoms. The number of hydrogen-bond acceptors (Lipinski definition) is 3. The zero-order valence-electron chi connectivity index (χ0n) is 16.7. The topological polar surface area (TPSA) is 77.0 Å². The molecule has 2 aromatic rings. The number of phenols is 1. The predicted molar refractivity (Wildman–Crippen MR) is 128 cm³/mol. The highest BCUT2D eigenvalue weighted by Gasteiger charge is 2.21. The van der Waals surface area contributed by atoms with E-state index in [1.807, 2.05) is 41.3 Å². The van der Waals surface area contributed by atoms with Crippen LogP contribution in [0.5, 0.6) is 5.75 Å². The van der Waals surface area contributed by atoms with Gasteiger partial charge in [0.25, 0.3) is 0 Å². The molecule has 7 heteroatoms. The van der Waals surface area contributed by atoms with Crippen molar-refractivity contribution in [3.8, 4) is 5.75 Å². The van der Waals surface area contributed by atoms with Crippen molar-refractivity contribution in [1.29, 1.82) is 0 Å². The summed E-state index contributed by atoms with van der Waals surface area (Å²) >= 11 is 0. The number of halogens is 1. The van der Waals surface area contributed by atoms with Crippen LogP contribution in [0, 0.1) is 0 Å². The number of hydrogen-bond donors (Lipinski definition) is 3. The van der Waals surface area contributed by atoms with Gasteiger partial charge in [0, 0.05) is 38.8 Å². The number of anilines is 1. The molecular formula is C22H29IN4O2. The quantitative estimate of drug-likeness (QED) is 0.232. The van der Waals surface area contributed by atoms with E-state index >= 15 is 0 Å². The first-order valence-electron chi connectivity index (χ1n) is 9.77. The number of carbonyl (C=O) groups is 1. The normalized spacial score (nSPS) is 13.9. The van der Waals surface area contributed by atoms with Crippen LogP contribution >= 0.6 is 24.0 Å². The molecule has 0 aromatic heterocycles. The second kappa shape index (κ2) is 11.6. The van der Waals surface area contributed by atoms with Crippen LogP contribution in [0.1, 0.15) is 30.4 Å². The fraction of sp³-hybridized carbons (Fsp3) is 0.364. The molecule has 0 unspecified atom stereocenters. The van der Waals surface area contributed by atoms with E-state index in [2.05, 4.69) is 15.6 Å². The Balaban J connectivity index is 0.00000300. The van der Waals surface area contributed by atoms with Crippen molar-refractivity contribution in [2.45, 2.75) is 32.2 Å². The standard InChI is InChI=1S/C22H28N4O2.HI/c1-23-22(24-14-2-4-17-8-12-20(27)13-9-17)25-16-18-6-10-19(11-7-18)26-15-3-5-21(26)28;/h6-13,27H,2-5,14-16H2,1H3,(H2,23,24,25);1H. The minimum absolute atomic E-state index is 0. The minimum atomic E-state index is 0. The molecule has 6 nitrogen and oxygen atoms in total. The van der Waals surface area contributed by atoms with Crippen LogP contribution < -0.4 is 15.5 Å². The number of benzene rings is 2. The number of carbonyl (C=O) groups excluding carboxylic acids is 1. The second-order valence-corrected chi connectivity index (χ2v) is 6.94. The van der Waals surface area contributed by atoms with Gasteiger partial charge in [0.2, 0.25) is 5.91 Å². The van der Waals surface area contributed by atoms with Gasteiger partial charge in [-0.1, -0.05) is 24.3 Å². The number of aromatic hydroxyl groups is 1. The Hall–Kier alpha value is -2.29. The van der Waals surface area contributed by atoms with E-state index in [0.29, 0.717) is 18.7 Å². The SMILES string of the molecule is CN=C(NCCCc1ccc(O)cc1)NCc1ccc(N2CCCC2=O)cc1.I. The number of aryl methyl sites for hydroxylation is 1. The van der Waals surface area contributed by atoms with Gasteiger partial charge in [0.05, 0.1) is 0 Å². The lowest BCUT2D eigenvalue weighted by atomic mass is 10.1. The van der Waals surface area contributed by atoms with Crippen molar-refractivity contribution >= 4 is 41.5 Å². The highest BCUT2D eigenvalue weighted by molar-refractivity contribution is 14.0. The summed E-state index contributed by atoms with van der Waals surface area (Å²) < 4.78 is 0. The zero-order valence-corrected chi connectivity index (χ0v) is 19.1. The van der Waals surface area contributed by atoms with Gasteiger partial charge in [-0.05, 0) is 54.7 Å². The highest BCUT2D eigenvalue weighted by atomic mass is 127. The van der Waals surface area contributed by atoms with Crippen molar-refractivity contribution in [2.75, 3.05) is 25.0 Å². The van der Waals surface area contributed by atoms with Crippen LogP contribution in [-0.4, -0.2) is 37.1 Å². The Morgan fingerprint density at radius 3 is 2.38 bits per heavy atom. The summed E-state index contributed by atoms with van der Waals surface area (Å²) in [6.45, 7) is 2.31. The summed E-state index contributed by atoms with van der Waals surface area (Å²) in [6.07, 6.45) is 3.51. The molecule has 3 N–H and O–H groups in total. The van der Waals surface area contributed by atoms with Gasteiger partial charge < -0.3 is 20.6 Å². The van der Waals surface area contributed by atoms with Gasteiger partial charge in [-0.3, -0.25) is 9.79 Å². The zero-order chi connectivity index (χ0) is 19.8. The third-order valence-corrected chi connectivity index (χ3v) is 4.88. The summed E-state index contributed by atoms with van der Waals surface area (Å²) in [4.78, 5) is 17.9. The first-order valence-corrected chi connectivity index (χ1v) is 9.77. The molecular weight excluding hydrogens is 479 g/mol. The van der Waals surface area contributed by atoms with E-state index in [9.17, 15) is 9.90 Å². The van der Waals surface area contributed by atoms with E-state index < -0.39 is 0 Å². The van der Waals surface area contributed by atoms with E-state index in [4.69, 9.17) is 0 Å². The second-order valence-electron chi connectivity index (χ2n) is 6.94. The first kappa shape index (κ1) is 23.0. The third kappa shape index (κ3) is 6.92. The average molecular weight is 508 g/mol. The van der Waals surface area contributed by atoms with E-state index in [1.54, 1.807) is 19.2 Å². The maximum atomic E-state index is 11.8. The van der Waals surface area contributed by atoms with Gasteiger partial charge in [-0.2, -0.15) is 0 Å². The molecule has 156 valence electrons. The number of rotatable bonds is 7. The molecule has 0 saturated carbocycles. The molecule has 0 atom stereocenters. The number of aliphatic imine (C=N–C) groups is 1. The van der Waals surface area contributed by atoms with Crippen molar-refractivity contribution in [2.24, 2.45) is 4.99 Å². The number of guanidine groups is 1. The molecule has 1 amide bonds. The van der Waals surface area contributed by atoms with E-state index in [-0.39, 0.29) is 29.9 Å². The predicted octanol–water partition coefficient (Wildman–Crippen LogP) is 3.43. The van der Waals surface area contributed by atoms with Crippen molar-refractivity contribution in [1.82, 2.24) is 10.6 Å². The fourth-order valence-electron chi connectivity index (χ4n) is 3.28. The maximum Gasteiger partial charge on any atom is 0.227 e. The summed E-state index contributed by atoms with van der Waals surface area (Å²) in [5.41, 5.74) is 3.32. The molecule has 3 rings (SSSR count). The summed E-state index contributed by atoms with van der Waals surface area (Å²) in [5.74, 6) is 1.28. The Labute approximate surface area is 189 Å². The summed E-state index contributed by atoms with van der Waals surface area (Å²) in [5, 5.41) is 15.9. The van der Waals surface area contributed by atoms with E-state index in [1.165, 1.54) is 5.56 Å². The van der Waals surface area contributed by atoms with Crippen molar-refractivity contribution < 1.29 is 9.90 Å². The summed E-state index contributed by atoms with van der Waals surface area (Å²) in [7, 11) is 1.76. The van der Waals surface area contributed by atoms with Gasteiger partial charge in [0.1, 0.15) is 5.75 Å². The van der Waals surface area contributed by atoms with Gasteiger partial charge in [-0.15, -0.1) is 24.0 Å². The molecule has 2 aromatic carbocycles. The van der Waals surface area contributed by atoms with Crippen LogP contribution in [0.3, 0.4) is 0 Å². The molecule has 0 aliphatic carbocycles. The van der Waals surface area contributed by atoms with Crippen LogP contribution in [-0.2, 0) is 17.8 Å². The van der Waals surface area contributed by atoms with Gasteiger partial charge in [0.15, 0.2) is 5.96 Å². The monoisotopic (exact) mass is 508 g/mol. The molecule has 1 aliphatic rings. The molecule has 1 saturated heterocycles. The third-order valence-electron chi connectivity index (χ3n) is 4.88. The van der Waals surface area contributed by atoms with Crippen LogP contribution in [0.2, 0.25) is 0 Å². The largest absolute Gasteiger partial charge is 0.508 e. The van der Waals surface area contributed by atoms with Crippen LogP contribution in [0.25, 0.3) is 0 Å². The Morgan fingerprint density at radius 2 is 1.76 bits per heavy atom. The minimum Gasteiger partial charge on any atom is -0.508 e. The Kier molecular flexibility index (Phi) is 9.24. The summed E-state index contributed by atoms with van der Waals surface area (Å²) in [6, 6.07) is 15.4. The number of nitrogens with zero attached hydrogens (tertiary/aromatic N) is 2. The van der Waals surface area contributed by atoms with Gasteiger partial charge in [-0.25, -0.2) is 0 Å². The molecule has 1 fully saturated rings. The molecule has 1 aliphatic heterocycles. The Morgan fingerprint density at radius 1 is 1.07 bits per heavy atom. The molecule has 0 spiro atoms. The smallest absolute Gasteiger partial charge is 0.227 e. The lowest BCUT2D eigenvalue weighted by Gasteiger charge is -2.16. The van der Waals surface area contributed by atoms with Crippen molar-refractivity contribution in [3.05, 3.63) is 59.7 Å². The average Bonchev–Trinajstić information content (AvgIpc) is 3.15. The number of nitrogens with one attached hydrogen (secondary N) is 2. The van der Waals surface area contributed by atoms with Gasteiger partial charge >= 0.3 is 0 Å². The highest BCUT2D eigenvalue weighted by Crippen LogP contribution is 2.21. The number of phenolic OH excluding ortho intramolecular Hbond substituents is 1. The Bertz CT molecular complexity index is 807. The first-order chi connectivity index (χ1) is 13.7. The lowest BCUT2D eigenvalue weighted by Crippen LogP contribution is -2.37. The lowest BCUT2D eigenvalue weighted by molar-refractivity contribution is -0.117. The fourth-order valence-corrected chi connectivity index (χ4v) is 3.28.